The number of hydrogen-bond donors (Lipinski definition) is 2. The molecule has 2 unspecified atom stereocenters. The van der Waals surface area contributed by atoms with Crippen LogP contribution in [0.5, 0.6) is 5.75 Å². The molecule has 0 aromatic heterocycles. The Kier molecular flexibility index (Phi) is 6.32. The van der Waals surface area contributed by atoms with Crippen LogP contribution in [0.1, 0.15) is 48.4 Å². The predicted octanol–water partition coefficient (Wildman–Crippen LogP) is 4.00. The van der Waals surface area contributed by atoms with Crippen molar-refractivity contribution in [3.63, 3.8) is 0 Å². The van der Waals surface area contributed by atoms with E-state index < -0.39 is 0 Å². The van der Waals surface area contributed by atoms with Crippen LogP contribution in [0.2, 0.25) is 0 Å². The Labute approximate surface area is 155 Å². The molecule has 3 rings (SSSR count). The molecule has 134 valence electrons. The lowest BCUT2D eigenvalue weighted by Crippen LogP contribution is -2.33. The minimum Gasteiger partial charge on any atom is -0.497 e. The molecule has 3 N–H and O–H groups in total. The summed E-state index contributed by atoms with van der Waals surface area (Å²) in [6.07, 6.45) is 3.06. The van der Waals surface area contributed by atoms with E-state index >= 15 is 0 Å². The van der Waals surface area contributed by atoms with Gasteiger partial charge in [-0.05, 0) is 67.1 Å². The lowest BCUT2D eigenvalue weighted by molar-refractivity contribution is -0.123. The molecular formula is C20H25ClN2O2. The van der Waals surface area contributed by atoms with E-state index in [0.717, 1.165) is 36.3 Å². The number of nitrogen functional groups attached to an aromatic ring is 1. The monoisotopic (exact) mass is 360 g/mol. The van der Waals surface area contributed by atoms with Gasteiger partial charge in [0.05, 0.1) is 19.1 Å². The Hall–Kier alpha value is -2.20. The number of carbonyl (C=O) groups is 1. The van der Waals surface area contributed by atoms with Crippen molar-refractivity contribution in [3.05, 3.63) is 59.2 Å². The van der Waals surface area contributed by atoms with Crippen LogP contribution in [0.3, 0.4) is 0 Å². The molecule has 2 atom stereocenters. The number of anilines is 1. The van der Waals surface area contributed by atoms with Gasteiger partial charge in [-0.2, -0.15) is 0 Å². The SMILES string of the molecule is COc1cccc(C(C)C(=O)NC2CCCc3cc(N)ccc32)c1.Cl. The van der Waals surface area contributed by atoms with Crippen LogP contribution >= 0.6 is 12.4 Å². The fourth-order valence-corrected chi connectivity index (χ4v) is 3.34. The van der Waals surface area contributed by atoms with Gasteiger partial charge in [0.1, 0.15) is 5.75 Å². The first kappa shape index (κ1) is 19.1. The molecule has 0 bridgehead atoms. The first-order valence-corrected chi connectivity index (χ1v) is 8.41. The molecule has 0 fully saturated rings. The maximum absolute atomic E-state index is 12.7. The molecule has 0 spiro atoms. The average Bonchev–Trinajstić information content (AvgIpc) is 2.61. The Morgan fingerprint density at radius 3 is 2.84 bits per heavy atom. The highest BCUT2D eigenvalue weighted by atomic mass is 35.5. The molecule has 5 heteroatoms. The van der Waals surface area contributed by atoms with Gasteiger partial charge in [-0.1, -0.05) is 18.2 Å². The number of aryl methyl sites for hydroxylation is 1. The Morgan fingerprint density at radius 2 is 2.08 bits per heavy atom. The van der Waals surface area contributed by atoms with E-state index in [9.17, 15) is 4.79 Å². The van der Waals surface area contributed by atoms with E-state index in [1.165, 1.54) is 11.1 Å². The highest BCUT2D eigenvalue weighted by Gasteiger charge is 2.24. The molecule has 2 aromatic carbocycles. The van der Waals surface area contributed by atoms with E-state index in [-0.39, 0.29) is 30.3 Å². The van der Waals surface area contributed by atoms with Gasteiger partial charge < -0.3 is 15.8 Å². The zero-order valence-electron chi connectivity index (χ0n) is 14.6. The van der Waals surface area contributed by atoms with E-state index in [2.05, 4.69) is 5.32 Å². The van der Waals surface area contributed by atoms with Crippen molar-refractivity contribution < 1.29 is 9.53 Å². The van der Waals surface area contributed by atoms with E-state index in [1.54, 1.807) is 7.11 Å². The van der Waals surface area contributed by atoms with Crippen LogP contribution in [-0.4, -0.2) is 13.0 Å². The Balaban J connectivity index is 0.00000225. The van der Waals surface area contributed by atoms with E-state index in [1.807, 2.05) is 49.4 Å². The Bertz CT molecular complexity index is 748. The molecule has 25 heavy (non-hydrogen) atoms. The van der Waals surface area contributed by atoms with Gasteiger partial charge in [0.2, 0.25) is 5.91 Å². The zero-order chi connectivity index (χ0) is 17.1. The zero-order valence-corrected chi connectivity index (χ0v) is 15.4. The summed E-state index contributed by atoms with van der Waals surface area (Å²) in [5.74, 6) is 0.586. The van der Waals surface area contributed by atoms with Crippen LogP contribution in [0.15, 0.2) is 42.5 Å². The number of nitrogens with one attached hydrogen (secondary N) is 1. The molecule has 2 aromatic rings. The van der Waals surface area contributed by atoms with Gasteiger partial charge in [0.25, 0.3) is 0 Å². The smallest absolute Gasteiger partial charge is 0.227 e. The summed E-state index contributed by atoms with van der Waals surface area (Å²) in [6.45, 7) is 1.93. The first-order valence-electron chi connectivity index (χ1n) is 8.41. The number of benzene rings is 2. The van der Waals surface area contributed by atoms with Gasteiger partial charge >= 0.3 is 0 Å². The largest absolute Gasteiger partial charge is 0.497 e. The van der Waals surface area contributed by atoms with Crippen LogP contribution in [-0.2, 0) is 11.2 Å². The number of carbonyl (C=O) groups excluding carboxylic acids is 1. The lowest BCUT2D eigenvalue weighted by atomic mass is 9.87. The number of hydrogen-bond acceptors (Lipinski definition) is 3. The number of ether oxygens (including phenoxy) is 1. The summed E-state index contributed by atoms with van der Waals surface area (Å²) < 4.78 is 5.25. The Morgan fingerprint density at radius 1 is 1.28 bits per heavy atom. The summed E-state index contributed by atoms with van der Waals surface area (Å²) in [7, 11) is 1.63. The summed E-state index contributed by atoms with van der Waals surface area (Å²) in [6, 6.07) is 13.7. The third kappa shape index (κ3) is 4.26. The van der Waals surface area contributed by atoms with Crippen molar-refractivity contribution in [2.45, 2.75) is 38.1 Å². The third-order valence-corrected chi connectivity index (χ3v) is 4.78. The summed E-state index contributed by atoms with van der Waals surface area (Å²) in [5.41, 5.74) is 10.1. The standard InChI is InChI=1S/C20H24N2O2.ClH/c1-13(14-5-3-7-17(12-14)24-2)20(23)22-19-8-4-6-15-11-16(21)9-10-18(15)19;/h3,5,7,9-13,19H,4,6,8,21H2,1-2H3,(H,22,23);1H. The van der Waals surface area contributed by atoms with Gasteiger partial charge in [0, 0.05) is 5.69 Å². The van der Waals surface area contributed by atoms with Crippen molar-refractivity contribution >= 4 is 24.0 Å². The topological polar surface area (TPSA) is 64.3 Å². The highest BCUT2D eigenvalue weighted by molar-refractivity contribution is 5.85. The van der Waals surface area contributed by atoms with Crippen molar-refractivity contribution in [2.75, 3.05) is 12.8 Å². The third-order valence-electron chi connectivity index (χ3n) is 4.78. The van der Waals surface area contributed by atoms with E-state index in [4.69, 9.17) is 10.5 Å². The quantitative estimate of drug-likeness (QED) is 0.810. The highest BCUT2D eigenvalue weighted by Crippen LogP contribution is 2.32. The second-order valence-electron chi connectivity index (χ2n) is 6.41. The molecule has 0 aliphatic heterocycles. The predicted molar refractivity (Wildman–Crippen MR) is 103 cm³/mol. The van der Waals surface area contributed by atoms with E-state index in [0.29, 0.717) is 0 Å². The second-order valence-corrected chi connectivity index (χ2v) is 6.41. The fraction of sp³-hybridized carbons (Fsp3) is 0.350. The van der Waals surface area contributed by atoms with Crippen molar-refractivity contribution in [1.29, 1.82) is 0 Å². The maximum atomic E-state index is 12.7. The normalized spacial score (nSPS) is 17.0. The second kappa shape index (κ2) is 8.26. The van der Waals surface area contributed by atoms with Crippen LogP contribution < -0.4 is 15.8 Å². The minimum absolute atomic E-state index is 0. The minimum atomic E-state index is -0.223. The first-order chi connectivity index (χ1) is 11.6. The summed E-state index contributed by atoms with van der Waals surface area (Å²) in [5, 5.41) is 3.21. The molecular weight excluding hydrogens is 336 g/mol. The number of rotatable bonds is 4. The van der Waals surface area contributed by atoms with Crippen LogP contribution in [0.4, 0.5) is 5.69 Å². The molecule has 1 aliphatic rings. The van der Waals surface area contributed by atoms with Crippen LogP contribution in [0, 0.1) is 0 Å². The molecule has 0 saturated heterocycles. The molecule has 0 saturated carbocycles. The lowest BCUT2D eigenvalue weighted by Gasteiger charge is -2.28. The van der Waals surface area contributed by atoms with Gasteiger partial charge in [-0.3, -0.25) is 4.79 Å². The van der Waals surface area contributed by atoms with Gasteiger partial charge in [-0.25, -0.2) is 0 Å². The number of amides is 1. The fourth-order valence-electron chi connectivity index (χ4n) is 3.34. The van der Waals surface area contributed by atoms with Crippen molar-refractivity contribution in [3.8, 4) is 5.75 Å². The molecule has 0 heterocycles. The van der Waals surface area contributed by atoms with Gasteiger partial charge in [0.15, 0.2) is 0 Å². The van der Waals surface area contributed by atoms with Crippen LogP contribution in [0.25, 0.3) is 0 Å². The summed E-state index contributed by atoms with van der Waals surface area (Å²) >= 11 is 0. The van der Waals surface area contributed by atoms with Crippen molar-refractivity contribution in [2.24, 2.45) is 0 Å². The molecule has 1 amide bonds. The van der Waals surface area contributed by atoms with Crippen molar-refractivity contribution in [1.82, 2.24) is 5.32 Å². The number of nitrogens with two attached hydrogens (primary N) is 1. The summed E-state index contributed by atoms with van der Waals surface area (Å²) in [4.78, 5) is 12.7. The number of halogens is 1. The number of fused-ring (bicyclic) bond motifs is 1. The van der Waals surface area contributed by atoms with Gasteiger partial charge in [-0.15, -0.1) is 12.4 Å². The maximum Gasteiger partial charge on any atom is 0.227 e. The number of methoxy groups -OCH3 is 1. The molecule has 0 radical (unpaired) electrons. The molecule has 1 aliphatic carbocycles. The average molecular weight is 361 g/mol. The molecule has 4 nitrogen and oxygen atoms in total.